The number of Topliss-reactive ketones (excluding diaryl/α,β-unsaturated/α-hetero) is 1. The maximum absolute atomic E-state index is 13.5. The van der Waals surface area contributed by atoms with E-state index in [2.05, 4.69) is 57.3 Å². The van der Waals surface area contributed by atoms with E-state index >= 15 is 0 Å². The van der Waals surface area contributed by atoms with Crippen LogP contribution in [0.5, 0.6) is 11.5 Å². The summed E-state index contributed by atoms with van der Waals surface area (Å²) in [7, 11) is 0.472. The summed E-state index contributed by atoms with van der Waals surface area (Å²) < 4.78 is 38.8. The number of benzene rings is 12. The number of carbonyl (C=O) groups is 6. The van der Waals surface area contributed by atoms with Crippen LogP contribution in [0.1, 0.15) is 87.8 Å². The molecule has 590 valence electrons. The van der Waals surface area contributed by atoms with E-state index in [-0.39, 0.29) is 62.3 Å². The fourth-order valence-electron chi connectivity index (χ4n) is 13.0. The van der Waals surface area contributed by atoms with Gasteiger partial charge in [0, 0.05) is 97.7 Å². The molecule has 20 nitrogen and oxygen atoms in total. The van der Waals surface area contributed by atoms with Crippen molar-refractivity contribution in [3.8, 4) is 56.4 Å². The molecule has 0 bridgehead atoms. The Balaban J connectivity index is 0.000000187. The minimum absolute atomic E-state index is 0.0102. The second-order valence-corrected chi connectivity index (χ2v) is 31.6. The van der Waals surface area contributed by atoms with E-state index < -0.39 is 61.3 Å². The molecule has 0 spiro atoms. The number of halogens is 2. The van der Waals surface area contributed by atoms with Gasteiger partial charge in [-0.2, -0.15) is 4.99 Å². The van der Waals surface area contributed by atoms with Crippen LogP contribution >= 0.6 is 61.9 Å². The number of nitrogens with zero attached hydrogens (tertiary/aromatic N) is 1. The number of carboxylic acids is 2. The van der Waals surface area contributed by atoms with Gasteiger partial charge in [0.15, 0.2) is 16.6 Å². The van der Waals surface area contributed by atoms with Crippen molar-refractivity contribution in [3.63, 3.8) is 0 Å². The molecule has 0 fully saturated rings. The number of hydrogen-bond donors (Lipinski definition) is 7. The Bertz CT molecular complexity index is 6100. The number of methoxy groups -OCH3 is 2. The summed E-state index contributed by atoms with van der Waals surface area (Å²) in [6, 6.07) is 77.4. The van der Waals surface area contributed by atoms with Gasteiger partial charge in [-0.3, -0.25) is 19.2 Å². The van der Waals surface area contributed by atoms with Crippen LogP contribution in [0.25, 0.3) is 66.8 Å². The molecule has 26 heteroatoms. The number of isothiocyanates is 1. The molecule has 0 radical (unpaired) electrons. The predicted octanol–water partition coefficient (Wildman–Crippen LogP) is 16.5. The van der Waals surface area contributed by atoms with E-state index in [9.17, 15) is 61.6 Å². The molecule has 10 aromatic carbocycles. The van der Waals surface area contributed by atoms with Crippen molar-refractivity contribution in [2.45, 2.75) is 25.7 Å². The SMILES string of the molecule is COC(=O)c1ccc(C(=O)CCCN)cc1P(c1ccccc1)c1ccccc1.COC(=O)c1ccc(C(=O)NCCCC(=S)Nc2ccc(-c3c4ccc(=O)cc-4oc4cc(O)ccc34)c(C(=O)O)c2)cc1P(c1ccccc1)c1ccccc1.O=C(O)c1cc(N=C=S)ccc1-c1c2ccc(=O)cc-2oc2cc(O)ccc12.[3H]I(C)F. The molecule has 1 amide bonds. The summed E-state index contributed by atoms with van der Waals surface area (Å²) >= 11 is 7.68. The Morgan fingerprint density at radius 3 is 1.39 bits per heavy atom. The van der Waals surface area contributed by atoms with Crippen molar-refractivity contribution in [1.29, 1.82) is 0.594 Å². The molecule has 2 aliphatic carbocycles. The summed E-state index contributed by atoms with van der Waals surface area (Å²) in [6.07, 6.45) is 1.92. The Morgan fingerprint density at radius 1 is 0.530 bits per heavy atom. The number of phenols is 2. The number of carbonyl (C=O) groups excluding carboxylic acids is 4. The number of esters is 2. The number of ether oxygens (including phenoxy) is 2. The molecule has 0 saturated carbocycles. The van der Waals surface area contributed by atoms with Crippen LogP contribution in [-0.4, -0.2) is 99.0 Å². The number of aromatic hydroxyl groups is 2. The Morgan fingerprint density at radius 2 is 0.957 bits per heavy atom. The topological polar surface area (TPSA) is 325 Å². The molecular weight excluding hydrogens is 1680 g/mol. The first kappa shape index (κ1) is 83.8. The Labute approximate surface area is 695 Å². The predicted molar refractivity (Wildman–Crippen MR) is 477 cm³/mol. The first-order valence-electron chi connectivity index (χ1n) is 36.4. The van der Waals surface area contributed by atoms with Gasteiger partial charge in [-0.25, -0.2) is 19.2 Å². The van der Waals surface area contributed by atoms with E-state index in [0.29, 0.717) is 132 Å². The molecule has 0 atom stereocenters. The number of ketones is 1. The van der Waals surface area contributed by atoms with E-state index in [1.165, 1.54) is 79.8 Å². The van der Waals surface area contributed by atoms with Gasteiger partial charge in [0.25, 0.3) is 5.91 Å². The molecule has 0 unspecified atom stereocenters. The molecule has 10 aromatic rings. The second kappa shape index (κ2) is 40.6. The van der Waals surface area contributed by atoms with E-state index in [1.807, 2.05) is 103 Å². The van der Waals surface area contributed by atoms with Gasteiger partial charge in [0.1, 0.15) is 34.2 Å². The molecule has 8 N–H and O–H groups in total. The minimum atomic E-state index is -2.51. The average Bonchev–Trinajstić information content (AvgIpc) is 0.751. The van der Waals surface area contributed by atoms with Crippen molar-refractivity contribution < 1.29 is 70.4 Å². The molecular formula is C91H74FIN4O16P2S2. The number of nitrogens with two attached hydrogens (primary N) is 1. The zero-order valence-electron chi connectivity index (χ0n) is 63.8. The fourth-order valence-corrected chi connectivity index (χ4v) is 18.3. The van der Waals surface area contributed by atoms with Crippen LogP contribution in [0.15, 0.2) is 290 Å². The molecule has 2 aliphatic heterocycles. The molecule has 2 heterocycles. The summed E-state index contributed by atoms with van der Waals surface area (Å²) in [5, 5.41) is 55.2. The number of anilines is 1. The summed E-state index contributed by atoms with van der Waals surface area (Å²) in [5.74, 6) is -2.98. The van der Waals surface area contributed by atoms with Crippen LogP contribution in [0, 0.1) is 0 Å². The van der Waals surface area contributed by atoms with Gasteiger partial charge in [-0.1, -0.05) is 152 Å². The van der Waals surface area contributed by atoms with E-state index in [1.54, 1.807) is 78.9 Å². The molecule has 117 heavy (non-hydrogen) atoms. The van der Waals surface area contributed by atoms with Crippen molar-refractivity contribution in [3.05, 3.63) is 321 Å². The molecule has 4 aliphatic rings. The molecule has 0 aromatic heterocycles. The van der Waals surface area contributed by atoms with Gasteiger partial charge >= 0.3 is 53.8 Å². The quantitative estimate of drug-likeness (QED) is 0.00360. The van der Waals surface area contributed by atoms with Crippen LogP contribution < -0.4 is 59.1 Å². The van der Waals surface area contributed by atoms with Crippen molar-refractivity contribution in [2.75, 3.05) is 37.6 Å². The van der Waals surface area contributed by atoms with Crippen LogP contribution in [0.3, 0.4) is 0 Å². The van der Waals surface area contributed by atoms with Gasteiger partial charge in [0.05, 0.1) is 52.3 Å². The molecule has 0 saturated heterocycles. The summed E-state index contributed by atoms with van der Waals surface area (Å²) in [4.78, 5) is 106. The number of thiocarbonyl (C=S) groups is 2. The second-order valence-electron chi connectivity index (χ2n) is 25.8. The zero-order chi connectivity index (χ0) is 84.1. The number of alkyl halides is 1. The monoisotopic (exact) mass is 1750 g/mol. The van der Waals surface area contributed by atoms with E-state index in [4.69, 9.17) is 36.9 Å². The third kappa shape index (κ3) is 20.9. The van der Waals surface area contributed by atoms with Gasteiger partial charge in [0.2, 0.25) is 0 Å². The van der Waals surface area contributed by atoms with Crippen molar-refractivity contribution in [2.24, 2.45) is 10.7 Å². The number of hydrogen-bond acceptors (Lipinski definition) is 18. The number of aromatic carboxylic acids is 2. The Kier molecular flexibility index (Phi) is 29.1. The number of amides is 1. The maximum atomic E-state index is 13.5. The number of phenolic OH excluding ortho intramolecular Hbond substituents is 2. The normalized spacial score (nSPS) is 11.0. The van der Waals surface area contributed by atoms with Crippen LogP contribution in [-0.2, 0) is 9.47 Å². The number of aliphatic imine (C=N–C) groups is 1. The van der Waals surface area contributed by atoms with Crippen LogP contribution in [0.4, 0.5) is 14.2 Å². The Hall–Kier alpha value is -12.6. The first-order valence-corrected chi connectivity index (χ1v) is 42.5. The standard InChI is InChI=1S/C45H35N2O8PS.C24H24NO3P.C21H11NO5S.CH4FI/c1-54-45(53)36-18-14-27(23-40(36)56(31-9-4-2-5-10-31)32-11-6-3-7-12-32)43(50)46-22-8-13-41(57)47-28-15-19-33(37(24-28)44(51)52)42-34-20-16-29(48)25-38(34)55-39-26-30(49)17-21-35(39)42;1-28-24(27)21-15-14-18(22(26)13-8-16-25)17-23(21)29(19-9-4-2-5-10-19)20-11-6-3-7-12-20;23-12-2-5-15-18(8-12)27-19-9-13(24)3-6-16(19)20(15)14-4-1-11(22-10-28)7-17(14)21(25)26;1-3-2/h2-7,9-12,14-21,23-26,48H,8,13,22H2,1H3,(H,46,50)(H,47,57)(H,51,52);2-7,9-12,14-15,17H,8,13,16,25H2,1H3;1-9,23H,(H,25,26);3H,1H3/i;;;3T. The number of carboxylic acid groups (broad SMARTS) is 2. The fraction of sp³-hybridized carbons (Fsp3) is 0.0989. The summed E-state index contributed by atoms with van der Waals surface area (Å²) in [5.41, 5.74) is 11.4. The van der Waals surface area contributed by atoms with Crippen molar-refractivity contribution >= 4 is 173 Å². The van der Waals surface area contributed by atoms with Gasteiger partial charge in [-0.15, -0.1) is 0 Å². The van der Waals surface area contributed by atoms with Crippen molar-refractivity contribution in [1.82, 2.24) is 5.32 Å². The van der Waals surface area contributed by atoms with Gasteiger partial charge in [-0.05, 0) is 189 Å². The number of rotatable bonds is 23. The third-order valence-electron chi connectivity index (χ3n) is 18.2. The zero-order valence-corrected chi connectivity index (χ0v) is 68.4. The van der Waals surface area contributed by atoms with E-state index in [0.717, 1.165) is 26.5 Å². The van der Waals surface area contributed by atoms with Crippen LogP contribution in [0.2, 0.25) is 0 Å². The number of nitrogens with one attached hydrogen (secondary N) is 2. The average molecular weight is 1750 g/mol. The number of fused-ring (bicyclic) bond motifs is 4. The summed E-state index contributed by atoms with van der Waals surface area (Å²) in [6.45, 7) is 0.777. The third-order valence-corrected chi connectivity index (χ3v) is 23.6. The molecule has 14 rings (SSSR count). The first-order chi connectivity index (χ1) is 57.0. The van der Waals surface area contributed by atoms with Gasteiger partial charge < -0.3 is 55.1 Å².